The summed E-state index contributed by atoms with van der Waals surface area (Å²) in [6.45, 7) is 2.62. The average molecular weight is 312 g/mol. The van der Waals surface area contributed by atoms with E-state index in [0.29, 0.717) is 17.7 Å². The lowest BCUT2D eigenvalue weighted by Gasteiger charge is -2.26. The first-order valence-corrected chi connectivity index (χ1v) is 7.90. The molecule has 1 aromatic carbocycles. The fourth-order valence-electron chi connectivity index (χ4n) is 2.76. The predicted octanol–water partition coefficient (Wildman–Crippen LogP) is 3.29. The van der Waals surface area contributed by atoms with Crippen LogP contribution < -0.4 is 10.2 Å². The van der Waals surface area contributed by atoms with Crippen molar-refractivity contribution in [2.75, 3.05) is 11.4 Å². The number of amides is 2. The van der Waals surface area contributed by atoms with E-state index < -0.39 is 0 Å². The Labute approximate surface area is 135 Å². The molecule has 1 unspecified atom stereocenters. The summed E-state index contributed by atoms with van der Waals surface area (Å²) in [7, 11) is 0. The molecule has 1 aliphatic heterocycles. The Bertz CT molecular complexity index is 677. The molecule has 1 N–H and O–H groups in total. The highest BCUT2D eigenvalue weighted by molar-refractivity contribution is 5.97. The fourth-order valence-corrected chi connectivity index (χ4v) is 2.76. The summed E-state index contributed by atoms with van der Waals surface area (Å²) in [5.41, 5.74) is 1.42. The molecule has 2 aromatic rings. The van der Waals surface area contributed by atoms with Gasteiger partial charge in [0, 0.05) is 24.2 Å². The van der Waals surface area contributed by atoms with Crippen LogP contribution in [0.4, 0.5) is 5.69 Å². The van der Waals surface area contributed by atoms with Crippen molar-refractivity contribution in [3.05, 3.63) is 54.0 Å². The number of hydrogen-bond acceptors (Lipinski definition) is 3. The van der Waals surface area contributed by atoms with Crippen molar-refractivity contribution >= 4 is 17.5 Å². The van der Waals surface area contributed by atoms with E-state index in [2.05, 4.69) is 5.32 Å². The molecule has 0 radical (unpaired) electrons. The second-order valence-electron chi connectivity index (χ2n) is 5.76. The average Bonchev–Trinajstić information content (AvgIpc) is 3.10. The van der Waals surface area contributed by atoms with Crippen LogP contribution in [0.15, 0.2) is 47.1 Å². The van der Waals surface area contributed by atoms with Gasteiger partial charge < -0.3 is 14.6 Å². The molecular weight excluding hydrogens is 292 g/mol. The van der Waals surface area contributed by atoms with Crippen LogP contribution >= 0.6 is 0 Å². The number of rotatable bonds is 4. The zero-order valence-corrected chi connectivity index (χ0v) is 13.1. The quantitative estimate of drug-likeness (QED) is 0.942. The van der Waals surface area contributed by atoms with Gasteiger partial charge in [-0.2, -0.15) is 0 Å². The number of furan rings is 1. The topological polar surface area (TPSA) is 62.6 Å². The minimum absolute atomic E-state index is 0.153. The molecule has 0 aliphatic carbocycles. The first kappa shape index (κ1) is 15.3. The summed E-state index contributed by atoms with van der Waals surface area (Å²) in [4.78, 5) is 26.0. The van der Waals surface area contributed by atoms with Crippen molar-refractivity contribution in [2.45, 2.75) is 32.2 Å². The lowest BCUT2D eigenvalue weighted by molar-refractivity contribution is -0.119. The molecule has 2 heterocycles. The molecular formula is C18H20N2O3. The minimum atomic E-state index is -0.194. The smallest absolute Gasteiger partial charge is 0.251 e. The van der Waals surface area contributed by atoms with Crippen LogP contribution in [0.2, 0.25) is 0 Å². The number of hydrogen-bond donors (Lipinski definition) is 1. The van der Waals surface area contributed by atoms with Gasteiger partial charge in [-0.3, -0.25) is 9.59 Å². The van der Waals surface area contributed by atoms with Crippen molar-refractivity contribution in [3.63, 3.8) is 0 Å². The van der Waals surface area contributed by atoms with Gasteiger partial charge in [-0.15, -0.1) is 0 Å². The Kier molecular flexibility index (Phi) is 4.46. The highest BCUT2D eigenvalue weighted by Gasteiger charge is 2.20. The van der Waals surface area contributed by atoms with Gasteiger partial charge in [-0.05, 0) is 56.2 Å². The third kappa shape index (κ3) is 3.44. The monoisotopic (exact) mass is 312 g/mol. The fraction of sp³-hybridized carbons (Fsp3) is 0.333. The molecule has 0 spiro atoms. The van der Waals surface area contributed by atoms with Gasteiger partial charge in [0.2, 0.25) is 5.91 Å². The van der Waals surface area contributed by atoms with Gasteiger partial charge in [0.05, 0.1) is 12.3 Å². The van der Waals surface area contributed by atoms with Crippen LogP contribution in [0.3, 0.4) is 0 Å². The third-order valence-corrected chi connectivity index (χ3v) is 4.08. The molecule has 5 heteroatoms. The molecule has 23 heavy (non-hydrogen) atoms. The molecule has 120 valence electrons. The SMILES string of the molecule is CC(NC(=O)c1ccc(N2CCCCC2=O)cc1)c1ccco1. The lowest BCUT2D eigenvalue weighted by Crippen LogP contribution is -2.35. The number of carbonyl (C=O) groups is 2. The third-order valence-electron chi connectivity index (χ3n) is 4.08. The Hall–Kier alpha value is -2.56. The lowest BCUT2D eigenvalue weighted by atomic mass is 10.1. The summed E-state index contributed by atoms with van der Waals surface area (Å²) in [5.74, 6) is 0.708. The number of anilines is 1. The number of nitrogens with zero attached hydrogens (tertiary/aromatic N) is 1. The molecule has 1 aromatic heterocycles. The van der Waals surface area contributed by atoms with Crippen molar-refractivity contribution in [2.24, 2.45) is 0 Å². The molecule has 1 fully saturated rings. The van der Waals surface area contributed by atoms with E-state index in [1.807, 2.05) is 25.1 Å². The summed E-state index contributed by atoms with van der Waals surface area (Å²) in [5, 5.41) is 2.89. The Morgan fingerprint density at radius 3 is 2.65 bits per heavy atom. The first-order chi connectivity index (χ1) is 11.1. The summed E-state index contributed by atoms with van der Waals surface area (Å²) >= 11 is 0. The minimum Gasteiger partial charge on any atom is -0.467 e. The van der Waals surface area contributed by atoms with Crippen LogP contribution in [0.25, 0.3) is 0 Å². The molecule has 1 saturated heterocycles. The number of carbonyl (C=O) groups excluding carboxylic acids is 2. The normalized spacial score (nSPS) is 16.2. The zero-order chi connectivity index (χ0) is 16.2. The maximum atomic E-state index is 12.3. The van der Waals surface area contributed by atoms with E-state index >= 15 is 0 Å². The highest BCUT2D eigenvalue weighted by Crippen LogP contribution is 2.21. The molecule has 0 bridgehead atoms. The number of piperidine rings is 1. The van der Waals surface area contributed by atoms with Crippen LogP contribution in [0.1, 0.15) is 48.3 Å². The van der Waals surface area contributed by atoms with E-state index in [4.69, 9.17) is 4.42 Å². The molecule has 2 amide bonds. The van der Waals surface area contributed by atoms with Gasteiger partial charge >= 0.3 is 0 Å². The van der Waals surface area contributed by atoms with Gasteiger partial charge in [0.25, 0.3) is 5.91 Å². The van der Waals surface area contributed by atoms with Crippen LogP contribution in [-0.4, -0.2) is 18.4 Å². The second kappa shape index (κ2) is 6.69. The maximum Gasteiger partial charge on any atom is 0.251 e. The van der Waals surface area contributed by atoms with Gasteiger partial charge in [0.1, 0.15) is 5.76 Å². The largest absolute Gasteiger partial charge is 0.467 e. The Balaban J connectivity index is 1.66. The Morgan fingerprint density at radius 2 is 2.00 bits per heavy atom. The van der Waals surface area contributed by atoms with Gasteiger partial charge in [0.15, 0.2) is 0 Å². The van der Waals surface area contributed by atoms with E-state index in [-0.39, 0.29) is 17.9 Å². The molecule has 3 rings (SSSR count). The highest BCUT2D eigenvalue weighted by atomic mass is 16.3. The van der Waals surface area contributed by atoms with Gasteiger partial charge in [-0.1, -0.05) is 0 Å². The summed E-state index contributed by atoms with van der Waals surface area (Å²) in [6.07, 6.45) is 4.17. The van der Waals surface area contributed by atoms with Crippen LogP contribution in [0, 0.1) is 0 Å². The van der Waals surface area contributed by atoms with E-state index in [1.54, 1.807) is 29.4 Å². The van der Waals surface area contributed by atoms with Crippen molar-refractivity contribution < 1.29 is 14.0 Å². The van der Waals surface area contributed by atoms with Crippen molar-refractivity contribution in [1.29, 1.82) is 0 Å². The predicted molar refractivity (Wildman–Crippen MR) is 87.2 cm³/mol. The Morgan fingerprint density at radius 1 is 1.22 bits per heavy atom. The van der Waals surface area contributed by atoms with E-state index in [0.717, 1.165) is 25.1 Å². The standard InChI is InChI=1S/C18H20N2O3/c1-13(16-5-4-12-23-16)19-18(22)14-7-9-15(10-8-14)20-11-3-2-6-17(20)21/h4-5,7-10,12-13H,2-3,6,11H2,1H3,(H,19,22). The van der Waals surface area contributed by atoms with Crippen molar-refractivity contribution in [1.82, 2.24) is 5.32 Å². The second-order valence-corrected chi connectivity index (χ2v) is 5.76. The number of benzene rings is 1. The number of nitrogens with one attached hydrogen (secondary N) is 1. The van der Waals surface area contributed by atoms with E-state index in [9.17, 15) is 9.59 Å². The van der Waals surface area contributed by atoms with E-state index in [1.165, 1.54) is 0 Å². The van der Waals surface area contributed by atoms with Crippen LogP contribution in [0.5, 0.6) is 0 Å². The molecule has 5 nitrogen and oxygen atoms in total. The van der Waals surface area contributed by atoms with Gasteiger partial charge in [-0.25, -0.2) is 0 Å². The molecule has 0 saturated carbocycles. The molecule has 1 aliphatic rings. The van der Waals surface area contributed by atoms with Crippen LogP contribution in [-0.2, 0) is 4.79 Å². The zero-order valence-electron chi connectivity index (χ0n) is 13.1. The maximum absolute atomic E-state index is 12.3. The summed E-state index contributed by atoms with van der Waals surface area (Å²) < 4.78 is 5.28. The van der Waals surface area contributed by atoms with Crippen molar-refractivity contribution in [3.8, 4) is 0 Å². The molecule has 1 atom stereocenters. The first-order valence-electron chi connectivity index (χ1n) is 7.90. The summed E-state index contributed by atoms with van der Waals surface area (Å²) in [6, 6.07) is 10.6.